The van der Waals surface area contributed by atoms with Crippen LogP contribution in [0.4, 0.5) is 5.69 Å². The number of carbonyl (C=O) groups excluding carboxylic acids is 2. The lowest BCUT2D eigenvalue weighted by Crippen LogP contribution is -2.42. The maximum Gasteiger partial charge on any atom is 0.284 e. The monoisotopic (exact) mass is 535 g/mol. The zero-order valence-electron chi connectivity index (χ0n) is 19.1. The Bertz CT molecular complexity index is 1230. The van der Waals surface area contributed by atoms with E-state index in [1.807, 2.05) is 0 Å². The second kappa shape index (κ2) is 11.0. The molecule has 2 aromatic rings. The van der Waals surface area contributed by atoms with Crippen molar-refractivity contribution >= 4 is 56.1 Å². The van der Waals surface area contributed by atoms with Crippen molar-refractivity contribution in [3.63, 3.8) is 0 Å². The van der Waals surface area contributed by atoms with Gasteiger partial charge in [-0.15, -0.1) is 4.40 Å². The van der Waals surface area contributed by atoms with Crippen molar-refractivity contribution in [2.75, 3.05) is 12.4 Å². The van der Waals surface area contributed by atoms with Gasteiger partial charge >= 0.3 is 0 Å². The first kappa shape index (κ1) is 25.5. The minimum atomic E-state index is -4.06. The number of carbonyl (C=O) groups is 2. The Balaban J connectivity index is 1.56. The summed E-state index contributed by atoms with van der Waals surface area (Å²) < 4.78 is 35.2. The number of amidine groups is 1. The molecule has 35 heavy (non-hydrogen) atoms. The molecule has 1 N–H and O–H groups in total. The van der Waals surface area contributed by atoms with Crippen LogP contribution < -0.4 is 10.1 Å². The summed E-state index contributed by atoms with van der Waals surface area (Å²) in [6, 6.07) is 12.5. The van der Waals surface area contributed by atoms with Gasteiger partial charge in [0.15, 0.2) is 5.17 Å². The van der Waals surface area contributed by atoms with Crippen molar-refractivity contribution in [3.05, 3.63) is 53.6 Å². The molecule has 0 spiro atoms. The van der Waals surface area contributed by atoms with E-state index in [0.29, 0.717) is 16.5 Å². The summed E-state index contributed by atoms with van der Waals surface area (Å²) in [6.07, 6.45) is 4.43. The van der Waals surface area contributed by atoms with Crippen LogP contribution in [0.3, 0.4) is 0 Å². The van der Waals surface area contributed by atoms with Crippen LogP contribution >= 0.6 is 23.4 Å². The third-order valence-corrected chi connectivity index (χ3v) is 8.74. The predicted molar refractivity (Wildman–Crippen MR) is 137 cm³/mol. The summed E-state index contributed by atoms with van der Waals surface area (Å²) in [6.45, 7) is 0. The molecule has 8 nitrogen and oxygen atoms in total. The lowest BCUT2D eigenvalue weighted by Gasteiger charge is -2.30. The van der Waals surface area contributed by atoms with Gasteiger partial charge in [-0.3, -0.25) is 14.5 Å². The second-order valence-corrected chi connectivity index (χ2v) is 11.6. The number of amides is 2. The van der Waals surface area contributed by atoms with Crippen LogP contribution in [0.1, 0.15) is 38.5 Å². The molecule has 2 amide bonds. The number of nitrogens with zero attached hydrogens (tertiary/aromatic N) is 2. The van der Waals surface area contributed by atoms with Crippen molar-refractivity contribution in [1.82, 2.24) is 4.90 Å². The number of benzene rings is 2. The SMILES string of the molecule is COc1cccc(NC(=O)CC2SC(=NS(=O)(=O)c3ccc(Cl)cc3)N(C3CCCCC3)C2=O)c1. The molecule has 186 valence electrons. The van der Waals surface area contributed by atoms with Crippen molar-refractivity contribution in [2.24, 2.45) is 4.40 Å². The predicted octanol–water partition coefficient (Wildman–Crippen LogP) is 4.70. The fourth-order valence-corrected chi connectivity index (χ4v) is 6.72. The quantitative estimate of drug-likeness (QED) is 0.551. The van der Waals surface area contributed by atoms with Crippen LogP contribution in [0.5, 0.6) is 5.75 Å². The maximum atomic E-state index is 13.4. The topological polar surface area (TPSA) is 105 Å². The molecule has 1 aliphatic carbocycles. The van der Waals surface area contributed by atoms with E-state index in [4.69, 9.17) is 16.3 Å². The first-order valence-corrected chi connectivity index (χ1v) is 14.0. The molecule has 0 aromatic heterocycles. The Morgan fingerprint density at radius 2 is 1.89 bits per heavy atom. The number of hydrogen-bond donors (Lipinski definition) is 1. The van der Waals surface area contributed by atoms with Crippen LogP contribution in [-0.4, -0.2) is 48.7 Å². The van der Waals surface area contributed by atoms with Gasteiger partial charge in [-0.1, -0.05) is 48.7 Å². The number of rotatable bonds is 7. The van der Waals surface area contributed by atoms with Crippen LogP contribution in [-0.2, 0) is 19.6 Å². The van der Waals surface area contributed by atoms with E-state index in [0.717, 1.165) is 43.9 Å². The fourth-order valence-electron chi connectivity index (χ4n) is 4.20. The molecule has 1 aliphatic heterocycles. The van der Waals surface area contributed by atoms with Gasteiger partial charge in [0.25, 0.3) is 10.0 Å². The maximum absolute atomic E-state index is 13.4. The van der Waals surface area contributed by atoms with Crippen LogP contribution in [0.2, 0.25) is 5.02 Å². The summed E-state index contributed by atoms with van der Waals surface area (Å²) >= 11 is 6.91. The Morgan fingerprint density at radius 1 is 1.17 bits per heavy atom. The van der Waals surface area contributed by atoms with Gasteiger partial charge in [0.2, 0.25) is 11.8 Å². The molecule has 1 saturated heterocycles. The van der Waals surface area contributed by atoms with Crippen LogP contribution in [0, 0.1) is 0 Å². The minimum Gasteiger partial charge on any atom is -0.497 e. The zero-order valence-corrected chi connectivity index (χ0v) is 21.5. The Labute approximate surface area is 214 Å². The fraction of sp³-hybridized carbons (Fsp3) is 0.375. The van der Waals surface area contributed by atoms with E-state index in [-0.39, 0.29) is 34.3 Å². The molecular formula is C24H26ClN3O5S2. The summed E-state index contributed by atoms with van der Waals surface area (Å²) in [4.78, 5) is 27.6. The van der Waals surface area contributed by atoms with Gasteiger partial charge in [0, 0.05) is 29.2 Å². The molecule has 2 aliphatic rings. The number of halogens is 1. The number of hydrogen-bond acceptors (Lipinski definition) is 6. The average Bonchev–Trinajstić information content (AvgIpc) is 3.13. The van der Waals surface area contributed by atoms with Crippen molar-refractivity contribution in [3.8, 4) is 5.75 Å². The lowest BCUT2D eigenvalue weighted by molar-refractivity contribution is -0.130. The highest BCUT2D eigenvalue weighted by atomic mass is 35.5. The van der Waals surface area contributed by atoms with Gasteiger partial charge in [-0.2, -0.15) is 8.42 Å². The van der Waals surface area contributed by atoms with Gasteiger partial charge < -0.3 is 10.1 Å². The number of ether oxygens (including phenoxy) is 1. The zero-order chi connectivity index (χ0) is 25.0. The van der Waals surface area contributed by atoms with Gasteiger partial charge in [-0.05, 0) is 49.2 Å². The summed E-state index contributed by atoms with van der Waals surface area (Å²) in [5.41, 5.74) is 0.549. The second-order valence-electron chi connectivity index (χ2n) is 8.39. The molecule has 1 heterocycles. The molecule has 2 fully saturated rings. The lowest BCUT2D eigenvalue weighted by atomic mass is 9.94. The first-order valence-electron chi connectivity index (χ1n) is 11.3. The van der Waals surface area contributed by atoms with Crippen molar-refractivity contribution in [1.29, 1.82) is 0 Å². The normalized spacial score (nSPS) is 20.3. The smallest absolute Gasteiger partial charge is 0.284 e. The van der Waals surface area contributed by atoms with E-state index in [2.05, 4.69) is 9.71 Å². The third-order valence-electron chi connectivity index (χ3n) is 5.94. The highest BCUT2D eigenvalue weighted by Gasteiger charge is 2.43. The minimum absolute atomic E-state index is 0.00902. The number of methoxy groups -OCH3 is 1. The van der Waals surface area contributed by atoms with Crippen molar-refractivity contribution in [2.45, 2.75) is 54.7 Å². The molecule has 4 rings (SSSR count). The van der Waals surface area contributed by atoms with Gasteiger partial charge in [0.05, 0.1) is 12.0 Å². The van der Waals surface area contributed by atoms with E-state index >= 15 is 0 Å². The number of anilines is 1. The summed E-state index contributed by atoms with van der Waals surface area (Å²) in [5.74, 6) is -0.0401. The molecule has 1 saturated carbocycles. The van der Waals surface area contributed by atoms with E-state index < -0.39 is 15.3 Å². The molecule has 1 atom stereocenters. The van der Waals surface area contributed by atoms with Crippen LogP contribution in [0.15, 0.2) is 57.8 Å². The number of nitrogens with one attached hydrogen (secondary N) is 1. The third kappa shape index (κ3) is 6.17. The first-order chi connectivity index (χ1) is 16.8. The van der Waals surface area contributed by atoms with E-state index in [1.165, 1.54) is 36.3 Å². The summed E-state index contributed by atoms with van der Waals surface area (Å²) in [7, 11) is -2.53. The molecule has 0 bridgehead atoms. The largest absolute Gasteiger partial charge is 0.497 e. The average molecular weight is 536 g/mol. The molecular weight excluding hydrogens is 510 g/mol. The Morgan fingerprint density at radius 3 is 2.57 bits per heavy atom. The highest BCUT2D eigenvalue weighted by molar-refractivity contribution is 8.16. The van der Waals surface area contributed by atoms with E-state index in [1.54, 1.807) is 24.3 Å². The Kier molecular flexibility index (Phi) is 8.03. The number of sulfonamides is 1. The van der Waals surface area contributed by atoms with Crippen molar-refractivity contribution < 1.29 is 22.7 Å². The Hall–Kier alpha value is -2.56. The summed E-state index contributed by atoms with van der Waals surface area (Å²) in [5, 5.41) is 2.55. The van der Waals surface area contributed by atoms with Gasteiger partial charge in [-0.25, -0.2) is 0 Å². The molecule has 1 unspecified atom stereocenters. The van der Waals surface area contributed by atoms with E-state index in [9.17, 15) is 18.0 Å². The highest BCUT2D eigenvalue weighted by Crippen LogP contribution is 2.36. The van der Waals surface area contributed by atoms with Crippen LogP contribution in [0.25, 0.3) is 0 Å². The van der Waals surface area contributed by atoms with Gasteiger partial charge in [0.1, 0.15) is 11.0 Å². The standard InChI is InChI=1S/C24H26ClN3O5S2/c1-33-19-9-5-6-17(14-19)26-22(29)15-21-23(30)28(18-7-3-2-4-8-18)24(34-21)27-35(31,32)20-12-10-16(25)11-13-20/h5-6,9-14,18,21H,2-4,7-8,15H2,1H3,(H,26,29). The molecule has 2 aromatic carbocycles. The molecule has 0 radical (unpaired) electrons. The molecule has 11 heteroatoms. The number of thioether (sulfide) groups is 1.